The molecule has 2 saturated heterocycles. The number of anilines is 1. The Balaban J connectivity index is 1.56. The Bertz CT molecular complexity index is 805. The van der Waals surface area contributed by atoms with Crippen LogP contribution in [0.25, 0.3) is 10.2 Å². The molecule has 2 aliphatic heterocycles. The van der Waals surface area contributed by atoms with Gasteiger partial charge in [0.2, 0.25) is 0 Å². The van der Waals surface area contributed by atoms with Crippen LogP contribution in [0.15, 0.2) is 12.4 Å². The molecular formula is C19H26N4O3S. The van der Waals surface area contributed by atoms with Crippen molar-refractivity contribution < 1.29 is 14.6 Å². The number of carboxylic acid groups (broad SMARTS) is 1. The second-order valence-electron chi connectivity index (χ2n) is 7.42. The highest BCUT2D eigenvalue weighted by molar-refractivity contribution is 7.18. The first kappa shape index (κ1) is 18.6. The van der Waals surface area contributed by atoms with Crippen LogP contribution in [-0.2, 0) is 9.53 Å². The molecule has 0 unspecified atom stereocenters. The summed E-state index contributed by atoms with van der Waals surface area (Å²) in [7, 11) is 0. The number of nitrogens with zero attached hydrogens (tertiary/aromatic N) is 4. The maximum absolute atomic E-state index is 11.2. The molecule has 0 amide bonds. The van der Waals surface area contributed by atoms with Crippen molar-refractivity contribution >= 4 is 33.3 Å². The lowest BCUT2D eigenvalue weighted by molar-refractivity contribution is -0.137. The smallest absolute Gasteiger partial charge is 0.303 e. The predicted octanol–water partition coefficient (Wildman–Crippen LogP) is 2.39. The molecule has 27 heavy (non-hydrogen) atoms. The zero-order valence-corrected chi connectivity index (χ0v) is 16.5. The summed E-state index contributed by atoms with van der Waals surface area (Å²) in [6.45, 7) is 7.30. The topological polar surface area (TPSA) is 78.8 Å². The van der Waals surface area contributed by atoms with Gasteiger partial charge in [0.15, 0.2) is 0 Å². The van der Waals surface area contributed by atoms with Crippen molar-refractivity contribution in [2.24, 2.45) is 5.92 Å². The Hall–Kier alpha value is -1.77. The molecule has 2 aliphatic rings. The van der Waals surface area contributed by atoms with E-state index in [1.54, 1.807) is 17.7 Å². The minimum Gasteiger partial charge on any atom is -0.481 e. The number of aromatic nitrogens is 2. The van der Waals surface area contributed by atoms with Crippen molar-refractivity contribution in [2.45, 2.75) is 32.2 Å². The van der Waals surface area contributed by atoms with Crippen LogP contribution in [0.3, 0.4) is 0 Å². The number of ether oxygens (including phenoxy) is 1. The Morgan fingerprint density at radius 3 is 2.93 bits per heavy atom. The third-order valence-corrected chi connectivity index (χ3v) is 6.63. The van der Waals surface area contributed by atoms with Crippen LogP contribution in [0.1, 0.15) is 24.1 Å². The van der Waals surface area contributed by atoms with Crippen molar-refractivity contribution in [1.29, 1.82) is 0 Å². The van der Waals surface area contributed by atoms with Gasteiger partial charge in [-0.2, -0.15) is 0 Å². The fourth-order valence-corrected chi connectivity index (χ4v) is 5.25. The highest BCUT2D eigenvalue weighted by atomic mass is 32.1. The van der Waals surface area contributed by atoms with E-state index in [-0.39, 0.29) is 6.42 Å². The molecule has 0 aromatic carbocycles. The highest BCUT2D eigenvalue weighted by Gasteiger charge is 2.35. The number of carbonyl (C=O) groups is 1. The fourth-order valence-electron chi connectivity index (χ4n) is 4.41. The van der Waals surface area contributed by atoms with Crippen molar-refractivity contribution in [2.75, 3.05) is 44.3 Å². The maximum atomic E-state index is 11.2. The summed E-state index contributed by atoms with van der Waals surface area (Å²) >= 11 is 1.69. The Labute approximate surface area is 163 Å². The van der Waals surface area contributed by atoms with Crippen LogP contribution in [-0.4, -0.2) is 71.4 Å². The average molecular weight is 391 g/mol. The summed E-state index contributed by atoms with van der Waals surface area (Å²) in [6, 6.07) is 2.58. The Kier molecular flexibility index (Phi) is 5.56. The largest absolute Gasteiger partial charge is 0.481 e. The van der Waals surface area contributed by atoms with Crippen LogP contribution in [0.4, 0.5) is 5.82 Å². The van der Waals surface area contributed by atoms with E-state index >= 15 is 0 Å². The second-order valence-corrected chi connectivity index (χ2v) is 8.65. The van der Waals surface area contributed by atoms with E-state index in [0.29, 0.717) is 18.4 Å². The van der Waals surface area contributed by atoms with Gasteiger partial charge in [-0.05, 0) is 31.7 Å². The normalized spacial score (nSPS) is 24.4. The zero-order valence-electron chi connectivity index (χ0n) is 15.6. The highest BCUT2D eigenvalue weighted by Crippen LogP contribution is 2.34. The predicted molar refractivity (Wildman–Crippen MR) is 106 cm³/mol. The number of rotatable bonds is 5. The van der Waals surface area contributed by atoms with Gasteiger partial charge in [-0.25, -0.2) is 9.97 Å². The van der Waals surface area contributed by atoms with Crippen molar-refractivity contribution in [3.05, 3.63) is 17.3 Å². The first-order valence-corrected chi connectivity index (χ1v) is 10.4. The summed E-state index contributed by atoms with van der Waals surface area (Å²) in [5.74, 6) is 0.591. The number of carboxylic acids is 1. The fraction of sp³-hybridized carbons (Fsp3) is 0.632. The van der Waals surface area contributed by atoms with E-state index in [4.69, 9.17) is 4.74 Å². The monoisotopic (exact) mass is 390 g/mol. The van der Waals surface area contributed by atoms with Gasteiger partial charge < -0.3 is 14.7 Å². The number of aliphatic carboxylic acids is 1. The van der Waals surface area contributed by atoms with Crippen molar-refractivity contribution in [3.63, 3.8) is 0 Å². The molecule has 0 radical (unpaired) electrons. The van der Waals surface area contributed by atoms with Gasteiger partial charge in [-0.3, -0.25) is 9.69 Å². The molecule has 2 aromatic rings. The van der Waals surface area contributed by atoms with Crippen LogP contribution < -0.4 is 4.90 Å². The molecule has 0 bridgehead atoms. The number of aryl methyl sites for hydroxylation is 1. The Morgan fingerprint density at radius 2 is 2.15 bits per heavy atom. The van der Waals surface area contributed by atoms with Gasteiger partial charge >= 0.3 is 5.97 Å². The SMILES string of the molecule is Cc1cc2c(N3CC[C@H](N4CCOCC4)[C@H](CCC(=O)O)C3)ncnc2s1. The second kappa shape index (κ2) is 8.08. The van der Waals surface area contributed by atoms with Gasteiger partial charge in [0.1, 0.15) is 17.0 Å². The lowest BCUT2D eigenvalue weighted by atomic mass is 9.86. The quantitative estimate of drug-likeness (QED) is 0.840. The molecule has 4 heterocycles. The molecule has 4 rings (SSSR count). The van der Waals surface area contributed by atoms with Crippen LogP contribution in [0.2, 0.25) is 0 Å². The lowest BCUT2D eigenvalue weighted by Crippen LogP contribution is -2.54. The molecule has 0 aliphatic carbocycles. The van der Waals surface area contributed by atoms with Crippen molar-refractivity contribution in [3.8, 4) is 0 Å². The molecule has 146 valence electrons. The van der Waals surface area contributed by atoms with Crippen LogP contribution in [0.5, 0.6) is 0 Å². The number of thiophene rings is 1. The minimum absolute atomic E-state index is 0.218. The van der Waals surface area contributed by atoms with Crippen LogP contribution >= 0.6 is 11.3 Å². The standard InChI is InChI=1S/C19H26N4O3S/c1-13-10-15-18(20-12-21-19(15)27-13)23-5-4-16(22-6-8-26-9-7-22)14(11-23)2-3-17(24)25/h10,12,14,16H,2-9,11H2,1H3,(H,24,25)/t14-,16+/m1/s1. The number of hydrogen-bond donors (Lipinski definition) is 1. The zero-order chi connectivity index (χ0) is 18.8. The molecule has 1 N–H and O–H groups in total. The number of morpholine rings is 1. The molecule has 8 heteroatoms. The summed E-state index contributed by atoms with van der Waals surface area (Å²) < 4.78 is 5.50. The number of fused-ring (bicyclic) bond motifs is 1. The number of piperidine rings is 1. The van der Waals surface area contributed by atoms with E-state index < -0.39 is 5.97 Å². The van der Waals surface area contributed by atoms with Gasteiger partial charge in [0.25, 0.3) is 0 Å². The van der Waals surface area contributed by atoms with E-state index in [0.717, 1.165) is 61.8 Å². The molecule has 2 fully saturated rings. The molecule has 7 nitrogen and oxygen atoms in total. The Morgan fingerprint density at radius 1 is 1.33 bits per heavy atom. The van der Waals surface area contributed by atoms with E-state index in [2.05, 4.69) is 32.8 Å². The molecule has 0 saturated carbocycles. The molecule has 2 aromatic heterocycles. The maximum Gasteiger partial charge on any atom is 0.303 e. The summed E-state index contributed by atoms with van der Waals surface area (Å²) in [4.78, 5) is 27.3. The first-order valence-electron chi connectivity index (χ1n) is 9.61. The van der Waals surface area contributed by atoms with Gasteiger partial charge in [-0.15, -0.1) is 11.3 Å². The van der Waals surface area contributed by atoms with Gasteiger partial charge in [0, 0.05) is 43.5 Å². The third kappa shape index (κ3) is 4.07. The summed E-state index contributed by atoms with van der Waals surface area (Å²) in [5.41, 5.74) is 0. The molecular weight excluding hydrogens is 364 g/mol. The number of hydrogen-bond acceptors (Lipinski definition) is 7. The third-order valence-electron chi connectivity index (χ3n) is 5.67. The van der Waals surface area contributed by atoms with Crippen LogP contribution in [0, 0.1) is 12.8 Å². The van der Waals surface area contributed by atoms with E-state index in [1.807, 2.05) is 0 Å². The van der Waals surface area contributed by atoms with Gasteiger partial charge in [-0.1, -0.05) is 0 Å². The molecule has 2 atom stereocenters. The van der Waals surface area contributed by atoms with E-state index in [9.17, 15) is 9.90 Å². The minimum atomic E-state index is -0.717. The summed E-state index contributed by atoms with van der Waals surface area (Å²) in [5, 5.41) is 10.3. The van der Waals surface area contributed by atoms with Crippen molar-refractivity contribution in [1.82, 2.24) is 14.9 Å². The van der Waals surface area contributed by atoms with E-state index in [1.165, 1.54) is 4.88 Å². The lowest BCUT2D eigenvalue weighted by Gasteiger charge is -2.45. The first-order chi connectivity index (χ1) is 13.1. The summed E-state index contributed by atoms with van der Waals surface area (Å²) in [6.07, 6.45) is 3.59. The molecule has 0 spiro atoms. The average Bonchev–Trinajstić information content (AvgIpc) is 3.07. The van der Waals surface area contributed by atoms with Gasteiger partial charge in [0.05, 0.1) is 18.6 Å².